The lowest BCUT2D eigenvalue weighted by atomic mass is 10.1. The fourth-order valence-electron chi connectivity index (χ4n) is 3.77. The molecule has 9 nitrogen and oxygen atoms in total. The molecule has 1 aromatic carbocycles. The minimum Gasteiger partial charge on any atom is -0.466 e. The number of carbonyl (C=O) groups is 1. The Kier molecular flexibility index (Phi) is 7.64. The summed E-state index contributed by atoms with van der Waals surface area (Å²) in [5, 5.41) is 5.91. The fourth-order valence-corrected chi connectivity index (χ4v) is 5.67. The number of esters is 1. The van der Waals surface area contributed by atoms with Crippen LogP contribution >= 0.6 is 23.2 Å². The molecule has 1 saturated heterocycles. The van der Waals surface area contributed by atoms with Crippen LogP contribution in [0.3, 0.4) is 0 Å². The number of methoxy groups -OCH3 is 1. The number of aromatic nitrogens is 4. The highest BCUT2D eigenvalue weighted by Gasteiger charge is 2.42. The third-order valence-electron chi connectivity index (χ3n) is 6.81. The number of ether oxygens (including phenoxy) is 2. The fraction of sp³-hybridized carbons (Fsp3) is 0.500. The standard InChI is InChI=1S/C24H31Cl2N5O4Si/c1-24(2,3)36(5,6)35-15-11-30(12-15)13-19(23(32)33-4)34-22-16-10-29-31(21(16)27-14-28-22)20-17(25)8-7-9-18(20)26/h7-10,14-15,19H,11-13H2,1-6H3. The first-order valence-corrected chi connectivity index (χ1v) is 15.4. The average Bonchev–Trinajstić information content (AvgIpc) is 3.20. The molecule has 1 unspecified atom stereocenters. The van der Waals surface area contributed by atoms with Gasteiger partial charge in [0.05, 0.1) is 29.5 Å². The number of nitrogens with zero attached hydrogens (tertiary/aromatic N) is 5. The van der Waals surface area contributed by atoms with Crippen molar-refractivity contribution in [3.63, 3.8) is 0 Å². The molecule has 0 N–H and O–H groups in total. The van der Waals surface area contributed by atoms with E-state index >= 15 is 0 Å². The van der Waals surface area contributed by atoms with E-state index in [2.05, 4.69) is 53.8 Å². The third kappa shape index (κ3) is 5.38. The van der Waals surface area contributed by atoms with E-state index in [4.69, 9.17) is 37.1 Å². The molecule has 1 fully saturated rings. The molecular formula is C24H31Cl2N5O4Si. The number of likely N-dealkylation sites (tertiary alicyclic amines) is 1. The molecular weight excluding hydrogens is 521 g/mol. The van der Waals surface area contributed by atoms with Gasteiger partial charge in [0.15, 0.2) is 14.0 Å². The minimum absolute atomic E-state index is 0.141. The Morgan fingerprint density at radius 2 is 1.86 bits per heavy atom. The number of benzene rings is 1. The molecule has 0 saturated carbocycles. The summed E-state index contributed by atoms with van der Waals surface area (Å²) in [5.74, 6) is -0.267. The summed E-state index contributed by atoms with van der Waals surface area (Å²) < 4.78 is 19.1. The van der Waals surface area contributed by atoms with Gasteiger partial charge in [0, 0.05) is 19.6 Å². The molecule has 0 bridgehead atoms. The maximum atomic E-state index is 12.6. The summed E-state index contributed by atoms with van der Waals surface area (Å²) in [4.78, 5) is 23.3. The number of halogens is 2. The van der Waals surface area contributed by atoms with Gasteiger partial charge in [0.1, 0.15) is 17.4 Å². The predicted octanol–water partition coefficient (Wildman–Crippen LogP) is 4.75. The molecule has 3 heterocycles. The van der Waals surface area contributed by atoms with Crippen molar-refractivity contribution in [2.75, 3.05) is 26.7 Å². The molecule has 1 atom stereocenters. The topological polar surface area (TPSA) is 91.6 Å². The van der Waals surface area contributed by atoms with Gasteiger partial charge in [-0.05, 0) is 30.3 Å². The molecule has 1 aliphatic heterocycles. The molecule has 12 heteroatoms. The monoisotopic (exact) mass is 551 g/mol. The summed E-state index contributed by atoms with van der Waals surface area (Å²) in [6, 6.07) is 5.19. The largest absolute Gasteiger partial charge is 0.466 e. The maximum Gasteiger partial charge on any atom is 0.348 e. The zero-order valence-corrected chi connectivity index (χ0v) is 23.8. The van der Waals surface area contributed by atoms with Gasteiger partial charge >= 0.3 is 5.97 Å². The molecule has 1 aliphatic rings. The molecule has 0 spiro atoms. The van der Waals surface area contributed by atoms with Crippen LogP contribution in [0.25, 0.3) is 16.7 Å². The van der Waals surface area contributed by atoms with Crippen LogP contribution in [0.1, 0.15) is 20.8 Å². The second-order valence-electron chi connectivity index (χ2n) is 10.4. The van der Waals surface area contributed by atoms with Crippen LogP contribution in [0.2, 0.25) is 28.2 Å². The van der Waals surface area contributed by atoms with E-state index in [1.807, 2.05) is 0 Å². The van der Waals surface area contributed by atoms with Gasteiger partial charge in [-0.1, -0.05) is 50.0 Å². The third-order valence-corrected chi connectivity index (χ3v) is 12.0. The summed E-state index contributed by atoms with van der Waals surface area (Å²) >= 11 is 12.7. The molecule has 2 aromatic heterocycles. The van der Waals surface area contributed by atoms with Crippen LogP contribution in [0.5, 0.6) is 5.88 Å². The molecule has 3 aromatic rings. The average molecular weight is 553 g/mol. The van der Waals surface area contributed by atoms with Crippen LogP contribution in [0.4, 0.5) is 0 Å². The smallest absolute Gasteiger partial charge is 0.348 e. The first-order valence-electron chi connectivity index (χ1n) is 11.7. The summed E-state index contributed by atoms with van der Waals surface area (Å²) in [5.41, 5.74) is 0.948. The minimum atomic E-state index is -1.86. The Balaban J connectivity index is 1.50. The Morgan fingerprint density at radius 3 is 2.47 bits per heavy atom. The van der Waals surface area contributed by atoms with E-state index in [9.17, 15) is 4.79 Å². The summed E-state index contributed by atoms with van der Waals surface area (Å²) in [7, 11) is -0.517. The van der Waals surface area contributed by atoms with Crippen molar-refractivity contribution in [2.45, 2.75) is 51.1 Å². The molecule has 0 aliphatic carbocycles. The summed E-state index contributed by atoms with van der Waals surface area (Å²) in [6.45, 7) is 13.0. The SMILES string of the molecule is COC(=O)C(CN1CC(O[Si](C)(C)C(C)(C)C)C1)Oc1ncnc2c1cnn2-c1c(Cl)cccc1Cl. The lowest BCUT2D eigenvalue weighted by molar-refractivity contribution is -0.151. The molecule has 0 amide bonds. The van der Waals surface area contributed by atoms with E-state index in [-0.39, 0.29) is 17.0 Å². The van der Waals surface area contributed by atoms with Gasteiger partial charge in [-0.25, -0.2) is 19.4 Å². The lowest BCUT2D eigenvalue weighted by Crippen LogP contribution is -2.60. The van der Waals surface area contributed by atoms with Gasteiger partial charge in [-0.2, -0.15) is 5.10 Å². The zero-order chi connectivity index (χ0) is 26.3. The van der Waals surface area contributed by atoms with Crippen LogP contribution in [0.15, 0.2) is 30.7 Å². The number of hydrogen-bond donors (Lipinski definition) is 0. The Hall–Kier alpha value is -2.24. The van der Waals surface area contributed by atoms with Crippen LogP contribution in [0, 0.1) is 0 Å². The van der Waals surface area contributed by atoms with Crippen molar-refractivity contribution >= 4 is 48.5 Å². The molecule has 36 heavy (non-hydrogen) atoms. The molecule has 0 radical (unpaired) electrons. The van der Waals surface area contributed by atoms with Crippen LogP contribution in [-0.2, 0) is 14.0 Å². The van der Waals surface area contributed by atoms with Crippen LogP contribution < -0.4 is 4.74 Å². The van der Waals surface area contributed by atoms with Crippen molar-refractivity contribution in [1.82, 2.24) is 24.6 Å². The Bertz CT molecular complexity index is 1240. The summed E-state index contributed by atoms with van der Waals surface area (Å²) in [6.07, 6.45) is 2.18. The van der Waals surface area contributed by atoms with Gasteiger partial charge < -0.3 is 13.9 Å². The first kappa shape index (κ1) is 26.8. The van der Waals surface area contributed by atoms with E-state index in [0.29, 0.717) is 33.3 Å². The van der Waals surface area contributed by atoms with Crippen molar-refractivity contribution in [3.8, 4) is 11.6 Å². The van der Waals surface area contributed by atoms with E-state index in [0.717, 1.165) is 13.1 Å². The number of para-hydroxylation sites is 1. The van der Waals surface area contributed by atoms with Crippen molar-refractivity contribution < 1.29 is 18.7 Å². The first-order chi connectivity index (χ1) is 16.9. The number of carbonyl (C=O) groups excluding carboxylic acids is 1. The van der Waals surface area contributed by atoms with Gasteiger partial charge in [0.2, 0.25) is 12.0 Å². The highest BCUT2D eigenvalue weighted by atomic mass is 35.5. The zero-order valence-electron chi connectivity index (χ0n) is 21.3. The molecule has 4 rings (SSSR count). The molecule has 194 valence electrons. The predicted molar refractivity (Wildman–Crippen MR) is 142 cm³/mol. The second kappa shape index (κ2) is 10.3. The lowest BCUT2D eigenvalue weighted by Gasteiger charge is -2.46. The number of hydrogen-bond acceptors (Lipinski definition) is 8. The van der Waals surface area contributed by atoms with Crippen molar-refractivity contribution in [2.24, 2.45) is 0 Å². The van der Waals surface area contributed by atoms with Crippen molar-refractivity contribution in [1.29, 1.82) is 0 Å². The number of fused-ring (bicyclic) bond motifs is 1. The van der Waals surface area contributed by atoms with E-state index in [1.165, 1.54) is 18.1 Å². The normalized spacial score (nSPS) is 16.1. The number of rotatable bonds is 8. The van der Waals surface area contributed by atoms with E-state index < -0.39 is 20.4 Å². The van der Waals surface area contributed by atoms with Crippen molar-refractivity contribution in [3.05, 3.63) is 40.8 Å². The van der Waals surface area contributed by atoms with Crippen LogP contribution in [-0.4, -0.2) is 77.9 Å². The Morgan fingerprint density at radius 1 is 1.19 bits per heavy atom. The highest BCUT2D eigenvalue weighted by molar-refractivity contribution is 6.74. The Labute approximate surface area is 221 Å². The van der Waals surface area contributed by atoms with E-state index in [1.54, 1.807) is 24.4 Å². The van der Waals surface area contributed by atoms with Gasteiger partial charge in [0.25, 0.3) is 0 Å². The maximum absolute atomic E-state index is 12.6. The highest BCUT2D eigenvalue weighted by Crippen LogP contribution is 2.38. The van der Waals surface area contributed by atoms with Gasteiger partial charge in [-0.3, -0.25) is 4.90 Å². The van der Waals surface area contributed by atoms with Gasteiger partial charge in [-0.15, -0.1) is 0 Å². The quantitative estimate of drug-likeness (QED) is 0.292. The second-order valence-corrected chi connectivity index (χ2v) is 16.0.